The summed E-state index contributed by atoms with van der Waals surface area (Å²) in [6.07, 6.45) is 2.70. The van der Waals surface area contributed by atoms with Gasteiger partial charge in [0.15, 0.2) is 0 Å². The minimum absolute atomic E-state index is 0.791. The van der Waals surface area contributed by atoms with Gasteiger partial charge in [0.2, 0.25) is 0 Å². The van der Waals surface area contributed by atoms with Gasteiger partial charge in [-0.1, -0.05) is 30.3 Å². The van der Waals surface area contributed by atoms with Crippen molar-refractivity contribution in [1.82, 2.24) is 4.90 Å². The highest BCUT2D eigenvalue weighted by molar-refractivity contribution is 7.99. The molecule has 0 radical (unpaired) electrons. The Morgan fingerprint density at radius 2 is 1.71 bits per heavy atom. The van der Waals surface area contributed by atoms with Crippen LogP contribution in [0.5, 0.6) is 0 Å². The monoisotopic (exact) mass is 298 g/mol. The summed E-state index contributed by atoms with van der Waals surface area (Å²) in [5.74, 6) is 1.15. The summed E-state index contributed by atoms with van der Waals surface area (Å²) >= 11 is 1.95. The van der Waals surface area contributed by atoms with Crippen molar-refractivity contribution in [2.75, 3.05) is 18.0 Å². The Morgan fingerprint density at radius 3 is 2.38 bits per heavy atom. The zero-order valence-corrected chi connectivity index (χ0v) is 13.1. The largest absolute Gasteiger partial charge is 0.399 e. The quantitative estimate of drug-likeness (QED) is 0.618. The minimum Gasteiger partial charge on any atom is -0.399 e. The lowest BCUT2D eigenvalue weighted by Gasteiger charge is -2.22. The summed E-state index contributed by atoms with van der Waals surface area (Å²) in [6.45, 7) is 2.19. The lowest BCUT2D eigenvalue weighted by atomic mass is 10.2. The molecular formula is C18H22N2S. The summed E-state index contributed by atoms with van der Waals surface area (Å²) in [5.41, 5.74) is 7.96. The maximum Gasteiger partial charge on any atom is 0.0314 e. The third-order valence-corrected chi connectivity index (χ3v) is 4.81. The highest BCUT2D eigenvalue weighted by Gasteiger charge is 2.28. The van der Waals surface area contributed by atoms with Gasteiger partial charge in [0.1, 0.15) is 0 Å². The molecule has 0 aromatic heterocycles. The molecule has 0 unspecified atom stereocenters. The van der Waals surface area contributed by atoms with Gasteiger partial charge in [-0.3, -0.25) is 4.90 Å². The molecule has 1 aliphatic carbocycles. The second kappa shape index (κ2) is 7.01. The Morgan fingerprint density at radius 1 is 1.00 bits per heavy atom. The molecule has 21 heavy (non-hydrogen) atoms. The molecule has 3 rings (SSSR count). The normalized spacial score (nSPS) is 14.5. The second-order valence-corrected chi connectivity index (χ2v) is 6.77. The first-order valence-corrected chi connectivity index (χ1v) is 8.56. The van der Waals surface area contributed by atoms with E-state index in [9.17, 15) is 0 Å². The third-order valence-electron chi connectivity index (χ3n) is 3.82. The maximum absolute atomic E-state index is 5.76. The molecular weight excluding hydrogens is 276 g/mol. The summed E-state index contributed by atoms with van der Waals surface area (Å²) in [7, 11) is 0. The topological polar surface area (TPSA) is 29.3 Å². The number of thioether (sulfide) groups is 1. The van der Waals surface area contributed by atoms with E-state index in [0.717, 1.165) is 30.6 Å². The molecule has 2 aromatic rings. The summed E-state index contributed by atoms with van der Waals surface area (Å²) in [5, 5.41) is 0. The SMILES string of the molecule is Nc1ccc(CN(CCSc2ccccc2)C2CC2)cc1. The fraction of sp³-hybridized carbons (Fsp3) is 0.333. The van der Waals surface area contributed by atoms with Crippen LogP contribution < -0.4 is 5.73 Å². The van der Waals surface area contributed by atoms with E-state index in [-0.39, 0.29) is 0 Å². The zero-order valence-electron chi connectivity index (χ0n) is 12.2. The molecule has 0 saturated heterocycles. The van der Waals surface area contributed by atoms with E-state index < -0.39 is 0 Å². The highest BCUT2D eigenvalue weighted by atomic mass is 32.2. The molecule has 0 heterocycles. The number of nitrogens with zero attached hydrogens (tertiary/aromatic N) is 1. The van der Waals surface area contributed by atoms with Crippen molar-refractivity contribution in [2.24, 2.45) is 0 Å². The van der Waals surface area contributed by atoms with Crippen molar-refractivity contribution < 1.29 is 0 Å². The molecule has 1 saturated carbocycles. The molecule has 2 aromatic carbocycles. The first-order valence-electron chi connectivity index (χ1n) is 7.57. The van der Waals surface area contributed by atoms with Crippen LogP contribution in [0, 0.1) is 0 Å². The predicted molar refractivity (Wildman–Crippen MR) is 91.5 cm³/mol. The van der Waals surface area contributed by atoms with E-state index in [1.165, 1.54) is 23.3 Å². The van der Waals surface area contributed by atoms with E-state index in [4.69, 9.17) is 5.73 Å². The number of hydrogen-bond donors (Lipinski definition) is 1. The van der Waals surface area contributed by atoms with Crippen LogP contribution in [0.25, 0.3) is 0 Å². The number of nitrogens with two attached hydrogens (primary N) is 1. The molecule has 3 heteroatoms. The first kappa shape index (κ1) is 14.5. The Hall–Kier alpha value is -1.45. The molecule has 110 valence electrons. The number of anilines is 1. The van der Waals surface area contributed by atoms with Gasteiger partial charge < -0.3 is 5.73 Å². The van der Waals surface area contributed by atoms with Gasteiger partial charge in [0.05, 0.1) is 0 Å². The van der Waals surface area contributed by atoms with Crippen LogP contribution in [-0.4, -0.2) is 23.2 Å². The van der Waals surface area contributed by atoms with Gasteiger partial charge in [-0.15, -0.1) is 11.8 Å². The van der Waals surface area contributed by atoms with Gasteiger partial charge in [0.25, 0.3) is 0 Å². The van der Waals surface area contributed by atoms with E-state index in [1.54, 1.807) is 0 Å². The summed E-state index contributed by atoms with van der Waals surface area (Å²) in [4.78, 5) is 3.97. The molecule has 1 fully saturated rings. The Balaban J connectivity index is 1.52. The number of nitrogen functional groups attached to an aromatic ring is 1. The van der Waals surface area contributed by atoms with Gasteiger partial charge in [0, 0.05) is 35.5 Å². The van der Waals surface area contributed by atoms with Crippen molar-refractivity contribution in [2.45, 2.75) is 30.3 Å². The molecule has 2 nitrogen and oxygen atoms in total. The van der Waals surface area contributed by atoms with Gasteiger partial charge in [-0.2, -0.15) is 0 Å². The van der Waals surface area contributed by atoms with Crippen LogP contribution in [0.4, 0.5) is 5.69 Å². The number of rotatable bonds is 7. The van der Waals surface area contributed by atoms with E-state index >= 15 is 0 Å². The molecule has 0 atom stereocenters. The molecule has 0 amide bonds. The third kappa shape index (κ3) is 4.51. The molecule has 1 aliphatic rings. The van der Waals surface area contributed by atoms with Crippen LogP contribution in [0.3, 0.4) is 0 Å². The summed E-state index contributed by atoms with van der Waals surface area (Å²) < 4.78 is 0. The minimum atomic E-state index is 0.791. The van der Waals surface area contributed by atoms with E-state index in [2.05, 4.69) is 47.4 Å². The number of hydrogen-bond acceptors (Lipinski definition) is 3. The molecule has 2 N–H and O–H groups in total. The summed E-state index contributed by atoms with van der Waals surface area (Å²) in [6, 6.07) is 19.7. The average molecular weight is 298 g/mol. The van der Waals surface area contributed by atoms with Crippen LogP contribution in [-0.2, 0) is 6.54 Å². The molecule has 0 spiro atoms. The van der Waals surface area contributed by atoms with Crippen molar-refractivity contribution in [1.29, 1.82) is 0 Å². The van der Waals surface area contributed by atoms with Crippen molar-refractivity contribution in [3.63, 3.8) is 0 Å². The fourth-order valence-corrected chi connectivity index (χ4v) is 3.40. The van der Waals surface area contributed by atoms with Crippen molar-refractivity contribution in [3.8, 4) is 0 Å². The molecule has 0 bridgehead atoms. The van der Waals surface area contributed by atoms with Crippen molar-refractivity contribution in [3.05, 3.63) is 60.2 Å². The Labute approximate surface area is 131 Å². The predicted octanol–water partition coefficient (Wildman–Crippen LogP) is 4.03. The van der Waals surface area contributed by atoms with E-state index in [1.807, 2.05) is 23.9 Å². The van der Waals surface area contributed by atoms with Crippen LogP contribution >= 0.6 is 11.8 Å². The second-order valence-electron chi connectivity index (χ2n) is 5.60. The van der Waals surface area contributed by atoms with Gasteiger partial charge in [-0.25, -0.2) is 0 Å². The van der Waals surface area contributed by atoms with Crippen LogP contribution in [0.1, 0.15) is 18.4 Å². The van der Waals surface area contributed by atoms with Crippen LogP contribution in [0.15, 0.2) is 59.5 Å². The average Bonchev–Trinajstić information content (AvgIpc) is 3.34. The van der Waals surface area contributed by atoms with E-state index in [0.29, 0.717) is 0 Å². The lowest BCUT2D eigenvalue weighted by Crippen LogP contribution is -2.28. The Kier molecular flexibility index (Phi) is 4.84. The van der Waals surface area contributed by atoms with Crippen molar-refractivity contribution >= 4 is 17.4 Å². The lowest BCUT2D eigenvalue weighted by molar-refractivity contribution is 0.272. The first-order chi connectivity index (χ1) is 10.3. The fourth-order valence-electron chi connectivity index (χ4n) is 2.49. The Bertz CT molecular complexity index is 549. The van der Waals surface area contributed by atoms with Crippen LogP contribution in [0.2, 0.25) is 0 Å². The van der Waals surface area contributed by atoms with Gasteiger partial charge >= 0.3 is 0 Å². The standard InChI is InChI=1S/C18H22N2S/c19-16-8-6-15(7-9-16)14-20(17-10-11-17)12-13-21-18-4-2-1-3-5-18/h1-9,17H,10-14,19H2. The number of benzene rings is 2. The maximum atomic E-state index is 5.76. The smallest absolute Gasteiger partial charge is 0.0314 e. The highest BCUT2D eigenvalue weighted by Crippen LogP contribution is 2.29. The van der Waals surface area contributed by atoms with Gasteiger partial charge in [-0.05, 0) is 42.7 Å². The zero-order chi connectivity index (χ0) is 14.5. The molecule has 0 aliphatic heterocycles.